The van der Waals surface area contributed by atoms with Gasteiger partial charge in [-0.25, -0.2) is 9.97 Å². The number of hydrogen-bond acceptors (Lipinski definition) is 3. The summed E-state index contributed by atoms with van der Waals surface area (Å²) in [5.41, 5.74) is 3.99. The molecular formula is C14H10Br2N2O. The van der Waals surface area contributed by atoms with Crippen molar-refractivity contribution in [3.63, 3.8) is 0 Å². The molecule has 3 nitrogen and oxygen atoms in total. The maximum atomic E-state index is 10.1. The molecule has 1 N–H and O–H groups in total. The Hall–Kier alpha value is -1.20. The van der Waals surface area contributed by atoms with Crippen LogP contribution in [0.2, 0.25) is 0 Å². The van der Waals surface area contributed by atoms with Gasteiger partial charge in [-0.15, -0.1) is 0 Å². The van der Waals surface area contributed by atoms with Crippen molar-refractivity contribution in [1.82, 2.24) is 9.97 Å². The summed E-state index contributed by atoms with van der Waals surface area (Å²) in [5, 5.41) is 10.1. The average Bonchev–Trinajstić information content (AvgIpc) is 2.42. The second kappa shape index (κ2) is 4.72. The number of benzene rings is 2. The quantitative estimate of drug-likeness (QED) is 0.627. The van der Waals surface area contributed by atoms with Gasteiger partial charge in [0.25, 0.3) is 0 Å². The molecule has 0 aliphatic heterocycles. The van der Waals surface area contributed by atoms with Gasteiger partial charge in [-0.1, -0.05) is 19.1 Å². The molecule has 96 valence electrons. The number of aryl methyl sites for hydroxylation is 1. The monoisotopic (exact) mass is 380 g/mol. The fraction of sp³-hybridized carbons (Fsp3) is 0.143. The second-order valence-corrected chi connectivity index (χ2v) is 5.96. The summed E-state index contributed by atoms with van der Waals surface area (Å²) >= 11 is 6.78. The van der Waals surface area contributed by atoms with Crippen LogP contribution in [-0.4, -0.2) is 15.1 Å². The summed E-state index contributed by atoms with van der Waals surface area (Å²) < 4.78 is 1.41. The largest absolute Gasteiger partial charge is 0.504 e. The number of nitrogens with zero attached hydrogens (tertiary/aromatic N) is 2. The predicted octanol–water partition coefficient (Wildman–Crippen LogP) is 4.58. The molecule has 0 aliphatic rings. The first-order chi connectivity index (χ1) is 9.11. The molecule has 0 amide bonds. The third-order valence-corrected chi connectivity index (χ3v) is 4.30. The lowest BCUT2D eigenvalue weighted by molar-refractivity contribution is 0.477. The van der Waals surface area contributed by atoms with Crippen LogP contribution in [0.25, 0.3) is 22.1 Å². The second-order valence-electron chi connectivity index (χ2n) is 4.25. The van der Waals surface area contributed by atoms with E-state index in [0.717, 1.165) is 27.5 Å². The van der Waals surface area contributed by atoms with Gasteiger partial charge in [-0.2, -0.15) is 0 Å². The number of para-hydroxylation sites is 1. The van der Waals surface area contributed by atoms with Crippen molar-refractivity contribution in [3.05, 3.63) is 38.8 Å². The minimum absolute atomic E-state index is 0.124. The van der Waals surface area contributed by atoms with Crippen molar-refractivity contribution in [2.45, 2.75) is 13.3 Å². The number of fused-ring (bicyclic) bond motifs is 2. The molecule has 19 heavy (non-hydrogen) atoms. The smallest absolute Gasteiger partial charge is 0.157 e. The fourth-order valence-electron chi connectivity index (χ4n) is 2.11. The molecule has 0 saturated heterocycles. The Kier molecular flexibility index (Phi) is 3.19. The van der Waals surface area contributed by atoms with Gasteiger partial charge in [0.05, 0.1) is 15.5 Å². The van der Waals surface area contributed by atoms with E-state index >= 15 is 0 Å². The minimum Gasteiger partial charge on any atom is -0.504 e. The fourth-order valence-corrected chi connectivity index (χ4v) is 3.34. The number of halogens is 2. The zero-order valence-corrected chi connectivity index (χ0v) is 13.3. The average molecular weight is 382 g/mol. The highest BCUT2D eigenvalue weighted by molar-refractivity contribution is 9.11. The van der Waals surface area contributed by atoms with Crippen molar-refractivity contribution in [3.8, 4) is 5.75 Å². The molecule has 5 heteroatoms. The highest BCUT2D eigenvalue weighted by Gasteiger charge is 2.13. The molecule has 0 bridgehead atoms. The number of aromatic nitrogens is 2. The molecule has 0 unspecified atom stereocenters. The molecular weight excluding hydrogens is 372 g/mol. The normalized spacial score (nSPS) is 11.3. The van der Waals surface area contributed by atoms with Gasteiger partial charge in [-0.3, -0.25) is 0 Å². The van der Waals surface area contributed by atoms with Gasteiger partial charge in [0, 0.05) is 4.47 Å². The van der Waals surface area contributed by atoms with Crippen LogP contribution in [0.3, 0.4) is 0 Å². The maximum Gasteiger partial charge on any atom is 0.157 e. The van der Waals surface area contributed by atoms with Crippen LogP contribution in [0.15, 0.2) is 33.2 Å². The molecule has 3 aromatic rings. The Balaban J connectivity index is 2.52. The first-order valence-corrected chi connectivity index (χ1v) is 7.46. The van der Waals surface area contributed by atoms with Crippen LogP contribution in [0.1, 0.15) is 12.5 Å². The van der Waals surface area contributed by atoms with Gasteiger partial charge in [0.15, 0.2) is 5.75 Å². The van der Waals surface area contributed by atoms with Gasteiger partial charge < -0.3 is 5.11 Å². The zero-order valence-electron chi connectivity index (χ0n) is 10.1. The first-order valence-electron chi connectivity index (χ1n) is 5.88. The molecule has 0 spiro atoms. The van der Waals surface area contributed by atoms with E-state index in [-0.39, 0.29) is 5.75 Å². The topological polar surface area (TPSA) is 46.0 Å². The van der Waals surface area contributed by atoms with E-state index in [2.05, 4.69) is 48.8 Å². The molecule has 1 heterocycles. The van der Waals surface area contributed by atoms with E-state index in [9.17, 15) is 5.11 Å². The van der Waals surface area contributed by atoms with Gasteiger partial charge in [0.1, 0.15) is 11.0 Å². The SMILES string of the molecule is CCc1cccc2nc3c(Br)cc(Br)c(O)c3nc12. The number of rotatable bonds is 1. The van der Waals surface area contributed by atoms with Crippen molar-refractivity contribution in [2.24, 2.45) is 0 Å². The summed E-state index contributed by atoms with van der Waals surface area (Å²) in [6, 6.07) is 7.73. The van der Waals surface area contributed by atoms with Crippen molar-refractivity contribution < 1.29 is 5.11 Å². The molecule has 1 aromatic heterocycles. The molecule has 0 radical (unpaired) electrons. The van der Waals surface area contributed by atoms with Gasteiger partial charge >= 0.3 is 0 Å². The Morgan fingerprint density at radius 1 is 1.05 bits per heavy atom. The highest BCUT2D eigenvalue weighted by Crippen LogP contribution is 2.36. The van der Waals surface area contributed by atoms with Gasteiger partial charge in [-0.05, 0) is 56.0 Å². The third kappa shape index (κ3) is 2.01. The Labute approximate surface area is 126 Å². The van der Waals surface area contributed by atoms with Crippen LogP contribution in [-0.2, 0) is 6.42 Å². The summed E-state index contributed by atoms with van der Waals surface area (Å²) in [4.78, 5) is 9.19. The summed E-state index contributed by atoms with van der Waals surface area (Å²) in [5.74, 6) is 0.124. The highest BCUT2D eigenvalue weighted by atomic mass is 79.9. The third-order valence-electron chi connectivity index (χ3n) is 3.09. The van der Waals surface area contributed by atoms with Crippen LogP contribution < -0.4 is 0 Å². The molecule has 3 rings (SSSR count). The van der Waals surface area contributed by atoms with Crippen LogP contribution in [0.5, 0.6) is 5.75 Å². The Morgan fingerprint density at radius 2 is 1.84 bits per heavy atom. The lowest BCUT2D eigenvalue weighted by Crippen LogP contribution is -1.93. The first kappa shape index (κ1) is 12.8. The van der Waals surface area contributed by atoms with E-state index in [1.54, 1.807) is 6.07 Å². The number of hydrogen-bond donors (Lipinski definition) is 1. The number of phenols is 1. The predicted molar refractivity (Wildman–Crippen MR) is 83.5 cm³/mol. The molecule has 0 saturated carbocycles. The van der Waals surface area contributed by atoms with Crippen molar-refractivity contribution >= 4 is 53.9 Å². The number of phenolic OH excluding ortho intramolecular Hbond substituents is 1. The lowest BCUT2D eigenvalue weighted by Gasteiger charge is -2.08. The van der Waals surface area contributed by atoms with Crippen molar-refractivity contribution in [2.75, 3.05) is 0 Å². The Morgan fingerprint density at radius 3 is 2.58 bits per heavy atom. The summed E-state index contributed by atoms with van der Waals surface area (Å²) in [7, 11) is 0. The van der Waals surface area contributed by atoms with E-state index in [4.69, 9.17) is 0 Å². The minimum atomic E-state index is 0.124. The Bertz CT molecular complexity index is 802. The zero-order chi connectivity index (χ0) is 13.6. The van der Waals surface area contributed by atoms with Crippen LogP contribution in [0, 0.1) is 0 Å². The van der Waals surface area contributed by atoms with E-state index in [1.807, 2.05) is 18.2 Å². The number of aromatic hydroxyl groups is 1. The molecule has 0 aliphatic carbocycles. The van der Waals surface area contributed by atoms with Crippen LogP contribution in [0.4, 0.5) is 0 Å². The lowest BCUT2D eigenvalue weighted by atomic mass is 10.1. The summed E-state index contributed by atoms with van der Waals surface area (Å²) in [6.07, 6.45) is 0.882. The van der Waals surface area contributed by atoms with Crippen molar-refractivity contribution in [1.29, 1.82) is 0 Å². The van der Waals surface area contributed by atoms with Gasteiger partial charge in [0.2, 0.25) is 0 Å². The summed E-state index contributed by atoms with van der Waals surface area (Å²) in [6.45, 7) is 2.08. The molecule has 2 aromatic carbocycles. The standard InChI is InChI=1S/C14H10Br2N2O/c1-2-7-4-3-5-10-11(7)18-13-12(17-10)8(15)6-9(16)14(13)19/h3-6,19H,2H2,1H3. The van der Waals surface area contributed by atoms with E-state index < -0.39 is 0 Å². The molecule has 0 fully saturated rings. The van der Waals surface area contributed by atoms with E-state index in [0.29, 0.717) is 15.5 Å². The molecule has 0 atom stereocenters. The maximum absolute atomic E-state index is 10.1. The van der Waals surface area contributed by atoms with E-state index in [1.165, 1.54) is 0 Å². The van der Waals surface area contributed by atoms with Crippen LogP contribution >= 0.6 is 31.9 Å².